The molecule has 0 aromatic rings. The van der Waals surface area contributed by atoms with Gasteiger partial charge in [-0.15, -0.1) is 5.92 Å². The van der Waals surface area contributed by atoms with Crippen LogP contribution in [0.25, 0.3) is 0 Å². The molecule has 2 heteroatoms. The third-order valence-electron chi connectivity index (χ3n) is 0.948. The molecule has 0 saturated carbocycles. The van der Waals surface area contributed by atoms with Gasteiger partial charge in [0, 0.05) is 6.08 Å². The largest absolute Gasteiger partial charge is 0.443 e. The molecule has 0 aliphatic rings. The SMILES string of the molecule is C=CC(=O)OC(C)(C)C#CC. The molecule has 0 aliphatic heterocycles. The van der Waals surface area contributed by atoms with Crippen LogP contribution in [0.3, 0.4) is 0 Å². The smallest absolute Gasteiger partial charge is 0.331 e. The van der Waals surface area contributed by atoms with Gasteiger partial charge in [0.2, 0.25) is 0 Å². The minimum Gasteiger partial charge on any atom is -0.443 e. The minimum absolute atomic E-state index is 0.447. The van der Waals surface area contributed by atoms with Crippen molar-refractivity contribution >= 4 is 5.97 Å². The Balaban J connectivity index is 4.19. The number of rotatable bonds is 2. The van der Waals surface area contributed by atoms with E-state index in [-0.39, 0.29) is 0 Å². The summed E-state index contributed by atoms with van der Waals surface area (Å²) >= 11 is 0. The molecule has 2 nitrogen and oxygen atoms in total. The third kappa shape index (κ3) is 4.21. The van der Waals surface area contributed by atoms with Gasteiger partial charge in [0.05, 0.1) is 0 Å². The lowest BCUT2D eigenvalue weighted by Crippen LogP contribution is -2.24. The van der Waals surface area contributed by atoms with Crippen LogP contribution in [-0.4, -0.2) is 11.6 Å². The van der Waals surface area contributed by atoms with Crippen LogP contribution in [0.2, 0.25) is 0 Å². The van der Waals surface area contributed by atoms with Crippen molar-refractivity contribution < 1.29 is 9.53 Å². The zero-order chi connectivity index (χ0) is 8.91. The number of hydrogen-bond acceptors (Lipinski definition) is 2. The number of esters is 1. The second-order valence-electron chi connectivity index (χ2n) is 2.51. The first-order valence-corrected chi connectivity index (χ1v) is 3.31. The van der Waals surface area contributed by atoms with E-state index in [0.717, 1.165) is 6.08 Å². The van der Waals surface area contributed by atoms with E-state index in [1.165, 1.54) is 0 Å². The zero-order valence-corrected chi connectivity index (χ0v) is 7.10. The Morgan fingerprint density at radius 2 is 2.18 bits per heavy atom. The maximum atomic E-state index is 10.7. The summed E-state index contributed by atoms with van der Waals surface area (Å²) in [5.74, 6) is 4.98. The van der Waals surface area contributed by atoms with E-state index in [9.17, 15) is 4.79 Å². The molecule has 0 aromatic heterocycles. The van der Waals surface area contributed by atoms with Crippen LogP contribution >= 0.6 is 0 Å². The van der Waals surface area contributed by atoms with Crippen LogP contribution in [-0.2, 0) is 9.53 Å². The lowest BCUT2D eigenvalue weighted by molar-refractivity contribution is -0.145. The van der Waals surface area contributed by atoms with Crippen molar-refractivity contribution in [2.24, 2.45) is 0 Å². The van der Waals surface area contributed by atoms with E-state index in [1.807, 2.05) is 0 Å². The molecule has 0 atom stereocenters. The summed E-state index contributed by atoms with van der Waals surface area (Å²) in [4.78, 5) is 10.7. The van der Waals surface area contributed by atoms with Gasteiger partial charge in [-0.1, -0.05) is 12.5 Å². The van der Waals surface area contributed by atoms with E-state index in [0.29, 0.717) is 0 Å². The fourth-order valence-corrected chi connectivity index (χ4v) is 0.620. The predicted molar refractivity (Wildman–Crippen MR) is 43.8 cm³/mol. The molecule has 0 unspecified atom stereocenters. The molecule has 0 fully saturated rings. The maximum Gasteiger partial charge on any atom is 0.331 e. The predicted octanol–water partition coefficient (Wildman–Crippen LogP) is 1.52. The van der Waals surface area contributed by atoms with Crippen molar-refractivity contribution in [3.63, 3.8) is 0 Å². The quantitative estimate of drug-likeness (QED) is 0.340. The molecular weight excluding hydrogens is 140 g/mol. The lowest BCUT2D eigenvalue weighted by Gasteiger charge is -2.16. The number of carbonyl (C=O) groups is 1. The molecule has 0 amide bonds. The molecule has 0 aromatic carbocycles. The Hall–Kier alpha value is -1.23. The molecule has 0 rings (SSSR count). The minimum atomic E-state index is -0.708. The molecule has 11 heavy (non-hydrogen) atoms. The Labute approximate surface area is 67.2 Å². The van der Waals surface area contributed by atoms with Gasteiger partial charge in [0.15, 0.2) is 5.60 Å². The second-order valence-corrected chi connectivity index (χ2v) is 2.51. The van der Waals surface area contributed by atoms with Gasteiger partial charge in [0.1, 0.15) is 0 Å². The van der Waals surface area contributed by atoms with Gasteiger partial charge in [0.25, 0.3) is 0 Å². The Bertz CT molecular complexity index is 215. The zero-order valence-electron chi connectivity index (χ0n) is 7.10. The Kier molecular flexibility index (Phi) is 3.39. The summed E-state index contributed by atoms with van der Waals surface area (Å²) in [7, 11) is 0. The van der Waals surface area contributed by atoms with Crippen molar-refractivity contribution in [1.82, 2.24) is 0 Å². The van der Waals surface area contributed by atoms with Gasteiger partial charge >= 0.3 is 5.97 Å². The molecular formula is C9H12O2. The van der Waals surface area contributed by atoms with Gasteiger partial charge in [-0.3, -0.25) is 0 Å². The van der Waals surface area contributed by atoms with E-state index < -0.39 is 11.6 Å². The summed E-state index contributed by atoms with van der Waals surface area (Å²) in [6, 6.07) is 0. The van der Waals surface area contributed by atoms with Crippen molar-refractivity contribution in [3.05, 3.63) is 12.7 Å². The van der Waals surface area contributed by atoms with E-state index >= 15 is 0 Å². The first kappa shape index (κ1) is 9.77. The summed E-state index contributed by atoms with van der Waals surface area (Å²) in [5, 5.41) is 0. The second kappa shape index (κ2) is 3.82. The van der Waals surface area contributed by atoms with Gasteiger partial charge in [-0.2, -0.15) is 0 Å². The average Bonchev–Trinajstić information content (AvgIpc) is 1.86. The highest BCUT2D eigenvalue weighted by atomic mass is 16.6. The van der Waals surface area contributed by atoms with Crippen LogP contribution in [0.4, 0.5) is 0 Å². The fraction of sp³-hybridized carbons (Fsp3) is 0.444. The van der Waals surface area contributed by atoms with Crippen LogP contribution in [0, 0.1) is 11.8 Å². The molecule has 0 N–H and O–H groups in total. The summed E-state index contributed by atoms with van der Waals surface area (Å²) < 4.78 is 4.90. The molecule has 0 bridgehead atoms. The van der Waals surface area contributed by atoms with Crippen LogP contribution in [0.5, 0.6) is 0 Å². The van der Waals surface area contributed by atoms with Crippen molar-refractivity contribution in [3.8, 4) is 11.8 Å². The normalized spacial score (nSPS) is 9.36. The van der Waals surface area contributed by atoms with E-state index in [4.69, 9.17) is 4.74 Å². The van der Waals surface area contributed by atoms with Gasteiger partial charge in [-0.25, -0.2) is 4.79 Å². The lowest BCUT2D eigenvalue weighted by atomic mass is 10.1. The van der Waals surface area contributed by atoms with Crippen LogP contribution in [0.1, 0.15) is 20.8 Å². The standard InChI is InChI=1S/C9H12O2/c1-5-7-9(3,4)11-8(10)6-2/h6H,2H2,1,3-4H3. The molecule has 0 saturated heterocycles. The number of carbonyl (C=O) groups excluding carboxylic acids is 1. The third-order valence-corrected chi connectivity index (χ3v) is 0.948. The molecule has 0 spiro atoms. The highest BCUT2D eigenvalue weighted by molar-refractivity contribution is 5.81. The fourth-order valence-electron chi connectivity index (χ4n) is 0.620. The highest BCUT2D eigenvalue weighted by Crippen LogP contribution is 2.07. The summed E-state index contributed by atoms with van der Waals surface area (Å²) in [6.07, 6.45) is 1.12. The van der Waals surface area contributed by atoms with E-state index in [2.05, 4.69) is 18.4 Å². The highest BCUT2D eigenvalue weighted by Gasteiger charge is 2.17. The molecule has 0 radical (unpaired) electrons. The molecule has 0 heterocycles. The van der Waals surface area contributed by atoms with Crippen LogP contribution in [0.15, 0.2) is 12.7 Å². The maximum absolute atomic E-state index is 10.7. The Morgan fingerprint density at radius 3 is 2.55 bits per heavy atom. The molecule has 60 valence electrons. The topological polar surface area (TPSA) is 26.3 Å². The first-order valence-electron chi connectivity index (χ1n) is 3.31. The van der Waals surface area contributed by atoms with Gasteiger partial charge < -0.3 is 4.74 Å². The van der Waals surface area contributed by atoms with E-state index in [1.54, 1.807) is 20.8 Å². The van der Waals surface area contributed by atoms with Crippen molar-refractivity contribution in [2.45, 2.75) is 26.4 Å². The summed E-state index contributed by atoms with van der Waals surface area (Å²) in [5.41, 5.74) is -0.708. The Morgan fingerprint density at radius 1 is 1.64 bits per heavy atom. The molecule has 0 aliphatic carbocycles. The number of ether oxygens (including phenoxy) is 1. The van der Waals surface area contributed by atoms with Crippen LogP contribution < -0.4 is 0 Å². The van der Waals surface area contributed by atoms with Crippen molar-refractivity contribution in [2.75, 3.05) is 0 Å². The van der Waals surface area contributed by atoms with Gasteiger partial charge in [-0.05, 0) is 20.8 Å². The first-order chi connectivity index (χ1) is 5.02. The summed E-state index contributed by atoms with van der Waals surface area (Å²) in [6.45, 7) is 8.43. The monoisotopic (exact) mass is 152 g/mol. The number of hydrogen-bond donors (Lipinski definition) is 0. The van der Waals surface area contributed by atoms with Crippen molar-refractivity contribution in [1.29, 1.82) is 0 Å². The average molecular weight is 152 g/mol.